The number of rotatable bonds is 3. The third-order valence-corrected chi connectivity index (χ3v) is 2.77. The average Bonchev–Trinajstić information content (AvgIpc) is 2.74. The van der Waals surface area contributed by atoms with Crippen molar-refractivity contribution in [3.63, 3.8) is 0 Å². The normalized spacial score (nSPS) is 25.6. The lowest BCUT2D eigenvalue weighted by Gasteiger charge is -1.95. The SMILES string of the molecule is CCOC(=O)[C@H]1O[C@@H]1c1cccs1. The molecule has 1 saturated heterocycles. The third-order valence-electron chi connectivity index (χ3n) is 1.83. The molecule has 0 bridgehead atoms. The zero-order chi connectivity index (χ0) is 9.26. The van der Waals surface area contributed by atoms with E-state index in [0.29, 0.717) is 6.61 Å². The van der Waals surface area contributed by atoms with Crippen molar-refractivity contribution in [3.05, 3.63) is 22.4 Å². The Morgan fingerprint density at radius 3 is 3.23 bits per heavy atom. The van der Waals surface area contributed by atoms with Crippen LogP contribution in [0, 0.1) is 0 Å². The summed E-state index contributed by atoms with van der Waals surface area (Å²) in [5.41, 5.74) is 0. The van der Waals surface area contributed by atoms with Gasteiger partial charge >= 0.3 is 5.97 Å². The van der Waals surface area contributed by atoms with E-state index in [9.17, 15) is 4.79 Å². The first kappa shape index (κ1) is 8.72. The number of hydrogen-bond acceptors (Lipinski definition) is 4. The molecule has 2 heterocycles. The fourth-order valence-corrected chi connectivity index (χ4v) is 1.97. The number of esters is 1. The molecular formula is C9H10O3S. The van der Waals surface area contributed by atoms with E-state index < -0.39 is 0 Å². The lowest BCUT2D eigenvalue weighted by atomic mass is 10.3. The first-order valence-corrected chi connectivity index (χ1v) is 5.06. The van der Waals surface area contributed by atoms with Crippen molar-refractivity contribution in [2.45, 2.75) is 19.1 Å². The second-order valence-corrected chi connectivity index (χ2v) is 3.72. The van der Waals surface area contributed by atoms with Gasteiger partial charge in [0.15, 0.2) is 6.10 Å². The van der Waals surface area contributed by atoms with Gasteiger partial charge in [-0.2, -0.15) is 0 Å². The van der Waals surface area contributed by atoms with E-state index in [1.54, 1.807) is 18.3 Å². The first-order valence-electron chi connectivity index (χ1n) is 4.18. The van der Waals surface area contributed by atoms with Crippen molar-refractivity contribution in [1.29, 1.82) is 0 Å². The second-order valence-electron chi connectivity index (χ2n) is 2.74. The van der Waals surface area contributed by atoms with Crippen LogP contribution >= 0.6 is 11.3 Å². The highest BCUT2D eigenvalue weighted by Gasteiger charge is 2.47. The number of carbonyl (C=O) groups is 1. The highest BCUT2D eigenvalue weighted by molar-refractivity contribution is 7.10. The molecule has 0 spiro atoms. The summed E-state index contributed by atoms with van der Waals surface area (Å²) in [6, 6.07) is 3.92. The van der Waals surface area contributed by atoms with Gasteiger partial charge in [0.05, 0.1) is 6.61 Å². The van der Waals surface area contributed by atoms with Crippen LogP contribution < -0.4 is 0 Å². The molecule has 1 aliphatic heterocycles. The molecule has 1 fully saturated rings. The van der Waals surface area contributed by atoms with Gasteiger partial charge in [-0.15, -0.1) is 11.3 Å². The molecule has 4 heteroatoms. The molecule has 0 N–H and O–H groups in total. The van der Waals surface area contributed by atoms with E-state index in [2.05, 4.69) is 0 Å². The van der Waals surface area contributed by atoms with Gasteiger partial charge < -0.3 is 9.47 Å². The van der Waals surface area contributed by atoms with Gasteiger partial charge in [-0.1, -0.05) is 6.07 Å². The van der Waals surface area contributed by atoms with Crippen molar-refractivity contribution in [2.24, 2.45) is 0 Å². The molecule has 1 aliphatic rings. The summed E-state index contributed by atoms with van der Waals surface area (Å²) in [6.07, 6.45) is -0.419. The quantitative estimate of drug-likeness (QED) is 0.548. The lowest BCUT2D eigenvalue weighted by Crippen LogP contribution is -2.11. The van der Waals surface area contributed by atoms with E-state index in [-0.39, 0.29) is 18.2 Å². The molecule has 0 amide bonds. The number of carbonyl (C=O) groups excluding carboxylic acids is 1. The Balaban J connectivity index is 1.92. The molecule has 2 atom stereocenters. The Kier molecular flexibility index (Phi) is 2.33. The van der Waals surface area contributed by atoms with E-state index in [1.807, 2.05) is 17.5 Å². The smallest absolute Gasteiger partial charge is 0.338 e. The Bertz CT molecular complexity index is 294. The van der Waals surface area contributed by atoms with Gasteiger partial charge in [-0.05, 0) is 18.4 Å². The Hall–Kier alpha value is -0.870. The maximum Gasteiger partial charge on any atom is 0.338 e. The minimum atomic E-state index is -0.362. The van der Waals surface area contributed by atoms with Gasteiger partial charge in [0, 0.05) is 4.88 Å². The van der Waals surface area contributed by atoms with Crippen LogP contribution in [0.3, 0.4) is 0 Å². The maximum atomic E-state index is 11.2. The standard InChI is InChI=1S/C9H10O3S/c1-2-11-9(10)8-7(12-8)6-4-3-5-13-6/h3-5,7-8H,2H2,1H3/t7-,8+/m1/s1. The van der Waals surface area contributed by atoms with Gasteiger partial charge in [0.25, 0.3) is 0 Å². The fraction of sp³-hybridized carbons (Fsp3) is 0.444. The Morgan fingerprint density at radius 2 is 2.62 bits per heavy atom. The Morgan fingerprint density at radius 1 is 1.77 bits per heavy atom. The van der Waals surface area contributed by atoms with Gasteiger partial charge in [-0.25, -0.2) is 4.79 Å². The van der Waals surface area contributed by atoms with Crippen molar-refractivity contribution >= 4 is 17.3 Å². The predicted octanol–water partition coefficient (Wildman–Crippen LogP) is 1.75. The summed E-state index contributed by atoms with van der Waals surface area (Å²) in [6.45, 7) is 2.20. The van der Waals surface area contributed by atoms with Gasteiger partial charge in [-0.3, -0.25) is 0 Å². The van der Waals surface area contributed by atoms with Crippen LogP contribution in [-0.4, -0.2) is 18.7 Å². The summed E-state index contributed by atoms with van der Waals surface area (Å²) in [4.78, 5) is 12.3. The molecule has 70 valence electrons. The van der Waals surface area contributed by atoms with Crippen LogP contribution in [0.2, 0.25) is 0 Å². The minimum Gasteiger partial charge on any atom is -0.464 e. The molecule has 13 heavy (non-hydrogen) atoms. The monoisotopic (exact) mass is 198 g/mol. The van der Waals surface area contributed by atoms with Crippen LogP contribution in [0.1, 0.15) is 17.9 Å². The van der Waals surface area contributed by atoms with Crippen LogP contribution in [-0.2, 0) is 14.3 Å². The van der Waals surface area contributed by atoms with Gasteiger partial charge in [0.1, 0.15) is 6.10 Å². The molecular weight excluding hydrogens is 188 g/mol. The highest BCUT2D eigenvalue weighted by Crippen LogP contribution is 2.41. The summed E-state index contributed by atoms with van der Waals surface area (Å²) in [5.74, 6) is -0.249. The van der Waals surface area contributed by atoms with E-state index in [0.717, 1.165) is 4.88 Å². The number of hydrogen-bond donors (Lipinski definition) is 0. The molecule has 0 radical (unpaired) electrons. The second kappa shape index (κ2) is 3.47. The predicted molar refractivity (Wildman–Crippen MR) is 48.6 cm³/mol. The summed E-state index contributed by atoms with van der Waals surface area (Å²) in [7, 11) is 0. The molecule has 0 aromatic carbocycles. The van der Waals surface area contributed by atoms with E-state index >= 15 is 0 Å². The fourth-order valence-electron chi connectivity index (χ4n) is 1.19. The number of epoxide rings is 1. The van der Waals surface area contributed by atoms with Crippen LogP contribution in [0.5, 0.6) is 0 Å². The van der Waals surface area contributed by atoms with Crippen molar-refractivity contribution < 1.29 is 14.3 Å². The summed E-state index contributed by atoms with van der Waals surface area (Å²) < 4.78 is 10.0. The largest absolute Gasteiger partial charge is 0.464 e. The molecule has 0 unspecified atom stereocenters. The van der Waals surface area contributed by atoms with Crippen LogP contribution in [0.4, 0.5) is 0 Å². The zero-order valence-electron chi connectivity index (χ0n) is 7.23. The first-order chi connectivity index (χ1) is 6.33. The van der Waals surface area contributed by atoms with Crippen molar-refractivity contribution in [1.82, 2.24) is 0 Å². The van der Waals surface area contributed by atoms with Gasteiger partial charge in [0.2, 0.25) is 0 Å². The minimum absolute atomic E-state index is 0.0564. The molecule has 0 aliphatic carbocycles. The van der Waals surface area contributed by atoms with Crippen LogP contribution in [0.15, 0.2) is 17.5 Å². The van der Waals surface area contributed by atoms with Crippen LogP contribution in [0.25, 0.3) is 0 Å². The summed E-state index contributed by atoms with van der Waals surface area (Å²) >= 11 is 1.60. The number of ether oxygens (including phenoxy) is 2. The maximum absolute atomic E-state index is 11.2. The summed E-state index contributed by atoms with van der Waals surface area (Å²) in [5, 5.41) is 1.97. The van der Waals surface area contributed by atoms with E-state index in [1.165, 1.54) is 0 Å². The zero-order valence-corrected chi connectivity index (χ0v) is 8.04. The molecule has 2 rings (SSSR count). The number of thiophene rings is 1. The third kappa shape index (κ3) is 1.73. The molecule has 1 aromatic rings. The highest BCUT2D eigenvalue weighted by atomic mass is 32.1. The average molecular weight is 198 g/mol. The molecule has 3 nitrogen and oxygen atoms in total. The van der Waals surface area contributed by atoms with Crippen molar-refractivity contribution in [2.75, 3.05) is 6.61 Å². The lowest BCUT2D eigenvalue weighted by molar-refractivity contribution is -0.144. The molecule has 0 saturated carbocycles. The molecule has 1 aromatic heterocycles. The van der Waals surface area contributed by atoms with E-state index in [4.69, 9.17) is 9.47 Å². The topological polar surface area (TPSA) is 38.8 Å². The van der Waals surface area contributed by atoms with Crippen molar-refractivity contribution in [3.8, 4) is 0 Å². The Labute approximate surface area is 80.3 Å².